The summed E-state index contributed by atoms with van der Waals surface area (Å²) in [5.74, 6) is 0. The molecule has 0 radical (unpaired) electrons. The number of halogens is 3. The quantitative estimate of drug-likeness (QED) is 0.469. The van der Waals surface area contributed by atoms with Crippen LogP contribution in [-0.2, 0) is 5.60 Å². The second-order valence-electron chi connectivity index (χ2n) is 6.08. The first kappa shape index (κ1) is 14.3. The van der Waals surface area contributed by atoms with Crippen molar-refractivity contribution >= 4 is 32.3 Å². The first-order valence-corrected chi connectivity index (χ1v) is 7.26. The number of alkyl halides is 3. The van der Waals surface area contributed by atoms with Gasteiger partial charge in [0.1, 0.15) is 0 Å². The van der Waals surface area contributed by atoms with Crippen molar-refractivity contribution in [1.29, 1.82) is 0 Å². The second kappa shape index (κ2) is 4.36. The molecule has 0 aromatic heterocycles. The molecule has 0 bridgehead atoms. The van der Waals surface area contributed by atoms with Crippen LogP contribution in [0.2, 0.25) is 0 Å². The van der Waals surface area contributed by atoms with E-state index in [0.717, 1.165) is 28.5 Å². The molecule has 23 heavy (non-hydrogen) atoms. The van der Waals surface area contributed by atoms with E-state index < -0.39 is 11.8 Å². The highest BCUT2D eigenvalue weighted by atomic mass is 19.4. The highest BCUT2D eigenvalue weighted by Gasteiger charge is 2.51. The molecule has 116 valence electrons. The van der Waals surface area contributed by atoms with Crippen molar-refractivity contribution in [3.05, 3.63) is 60.2 Å². The fourth-order valence-electron chi connectivity index (χ4n) is 3.20. The maximum Gasteiger partial charge on any atom is 0.421 e. The highest BCUT2D eigenvalue weighted by Crippen LogP contribution is 2.42. The van der Waals surface area contributed by atoms with E-state index in [4.69, 9.17) is 0 Å². The van der Waals surface area contributed by atoms with Crippen molar-refractivity contribution in [2.45, 2.75) is 18.7 Å². The number of hydrogen-bond donors (Lipinski definition) is 1. The van der Waals surface area contributed by atoms with E-state index in [1.165, 1.54) is 12.1 Å². The third-order valence-corrected chi connectivity index (χ3v) is 4.58. The Kier molecular flexibility index (Phi) is 2.70. The number of aliphatic hydroxyl groups is 1. The summed E-state index contributed by atoms with van der Waals surface area (Å²) in [5, 5.41) is 15.5. The molecule has 0 aliphatic heterocycles. The smallest absolute Gasteiger partial charge is 0.376 e. The van der Waals surface area contributed by atoms with E-state index in [1.54, 1.807) is 12.1 Å². The molecule has 0 spiro atoms. The van der Waals surface area contributed by atoms with Gasteiger partial charge in [-0.1, -0.05) is 42.5 Å². The van der Waals surface area contributed by atoms with Crippen molar-refractivity contribution in [2.24, 2.45) is 0 Å². The van der Waals surface area contributed by atoms with E-state index in [2.05, 4.69) is 0 Å². The third-order valence-electron chi connectivity index (χ3n) is 4.58. The first-order chi connectivity index (χ1) is 10.8. The van der Waals surface area contributed by atoms with Gasteiger partial charge in [-0.15, -0.1) is 0 Å². The van der Waals surface area contributed by atoms with Gasteiger partial charge in [-0.05, 0) is 56.9 Å². The zero-order valence-corrected chi connectivity index (χ0v) is 12.3. The SMILES string of the molecule is CC(O)(c1cc2ccc3cccc4ccc(c1)c2c34)C(F)(F)F. The topological polar surface area (TPSA) is 20.2 Å². The lowest BCUT2D eigenvalue weighted by atomic mass is 9.88. The van der Waals surface area contributed by atoms with Crippen LogP contribution in [0.1, 0.15) is 12.5 Å². The minimum Gasteiger partial charge on any atom is -0.376 e. The van der Waals surface area contributed by atoms with Gasteiger partial charge in [-0.3, -0.25) is 0 Å². The Morgan fingerprint density at radius 1 is 0.739 bits per heavy atom. The van der Waals surface area contributed by atoms with Crippen LogP contribution in [0.4, 0.5) is 13.2 Å². The summed E-state index contributed by atoms with van der Waals surface area (Å²) >= 11 is 0. The van der Waals surface area contributed by atoms with E-state index in [9.17, 15) is 18.3 Å². The van der Waals surface area contributed by atoms with E-state index in [0.29, 0.717) is 10.8 Å². The van der Waals surface area contributed by atoms with Gasteiger partial charge in [0.25, 0.3) is 0 Å². The van der Waals surface area contributed by atoms with Gasteiger partial charge in [0, 0.05) is 0 Å². The van der Waals surface area contributed by atoms with Gasteiger partial charge in [-0.2, -0.15) is 13.2 Å². The van der Waals surface area contributed by atoms with Crippen LogP contribution in [0.3, 0.4) is 0 Å². The van der Waals surface area contributed by atoms with Gasteiger partial charge >= 0.3 is 6.18 Å². The third kappa shape index (κ3) is 1.91. The molecular formula is C19H13F3O. The summed E-state index contributed by atoms with van der Waals surface area (Å²) in [4.78, 5) is 0. The van der Waals surface area contributed by atoms with Crippen LogP contribution < -0.4 is 0 Å². The molecule has 1 unspecified atom stereocenters. The number of hydrogen-bond acceptors (Lipinski definition) is 1. The molecule has 4 rings (SSSR count). The number of rotatable bonds is 1. The molecule has 1 nitrogen and oxygen atoms in total. The molecule has 0 saturated carbocycles. The van der Waals surface area contributed by atoms with Gasteiger partial charge in [0.05, 0.1) is 0 Å². The fraction of sp³-hybridized carbons (Fsp3) is 0.158. The molecule has 0 amide bonds. The van der Waals surface area contributed by atoms with E-state index in [1.807, 2.05) is 30.3 Å². The second-order valence-corrected chi connectivity index (χ2v) is 6.08. The van der Waals surface area contributed by atoms with Crippen molar-refractivity contribution in [1.82, 2.24) is 0 Å². The normalized spacial score (nSPS) is 15.5. The zero-order valence-electron chi connectivity index (χ0n) is 12.3. The first-order valence-electron chi connectivity index (χ1n) is 7.26. The molecule has 1 atom stereocenters. The molecule has 4 aromatic carbocycles. The minimum atomic E-state index is -4.73. The fourth-order valence-corrected chi connectivity index (χ4v) is 3.20. The zero-order chi connectivity index (χ0) is 16.4. The standard InChI is InChI=1S/C19H13F3O/c1-18(23,19(20,21)22)15-9-13-7-5-11-3-2-4-12-6-8-14(10-15)17(13)16(11)12/h2-10,23H,1H3. The molecule has 4 heteroatoms. The molecule has 1 N–H and O–H groups in total. The molecule has 0 heterocycles. The van der Waals surface area contributed by atoms with Gasteiger partial charge < -0.3 is 5.11 Å². The van der Waals surface area contributed by atoms with E-state index in [-0.39, 0.29) is 5.56 Å². The van der Waals surface area contributed by atoms with Crippen molar-refractivity contribution in [2.75, 3.05) is 0 Å². The predicted molar refractivity (Wildman–Crippen MR) is 85.8 cm³/mol. The Balaban J connectivity index is 2.12. The van der Waals surface area contributed by atoms with Gasteiger partial charge in [0.2, 0.25) is 0 Å². The Hall–Kier alpha value is -2.33. The van der Waals surface area contributed by atoms with Crippen molar-refractivity contribution in [3.63, 3.8) is 0 Å². The van der Waals surface area contributed by atoms with Crippen LogP contribution in [0, 0.1) is 0 Å². The van der Waals surface area contributed by atoms with Gasteiger partial charge in [-0.25, -0.2) is 0 Å². The average molecular weight is 314 g/mol. The molecule has 0 aliphatic carbocycles. The Morgan fingerprint density at radius 2 is 1.17 bits per heavy atom. The maximum absolute atomic E-state index is 13.2. The Bertz CT molecular complexity index is 967. The van der Waals surface area contributed by atoms with Crippen LogP contribution in [0.25, 0.3) is 32.3 Å². The van der Waals surface area contributed by atoms with Crippen LogP contribution in [0.15, 0.2) is 54.6 Å². The summed E-state index contributed by atoms with van der Waals surface area (Å²) in [7, 11) is 0. The average Bonchev–Trinajstić information content (AvgIpc) is 2.51. The molecule has 0 saturated heterocycles. The lowest BCUT2D eigenvalue weighted by Crippen LogP contribution is -2.39. The van der Waals surface area contributed by atoms with E-state index >= 15 is 0 Å². The highest BCUT2D eigenvalue weighted by molar-refractivity contribution is 6.23. The van der Waals surface area contributed by atoms with Crippen LogP contribution in [0.5, 0.6) is 0 Å². The largest absolute Gasteiger partial charge is 0.421 e. The molecular weight excluding hydrogens is 301 g/mol. The van der Waals surface area contributed by atoms with Crippen molar-refractivity contribution in [3.8, 4) is 0 Å². The Labute approximate surface area is 130 Å². The monoisotopic (exact) mass is 314 g/mol. The van der Waals surface area contributed by atoms with Crippen LogP contribution >= 0.6 is 0 Å². The maximum atomic E-state index is 13.2. The summed E-state index contributed by atoms with van der Waals surface area (Å²) in [6.45, 7) is 0.792. The lowest BCUT2D eigenvalue weighted by molar-refractivity contribution is -0.258. The van der Waals surface area contributed by atoms with Crippen LogP contribution in [-0.4, -0.2) is 11.3 Å². The minimum absolute atomic E-state index is 0.143. The summed E-state index contributed by atoms with van der Waals surface area (Å²) in [6, 6.07) is 16.2. The predicted octanol–water partition coefficient (Wildman–Crippen LogP) is 5.35. The number of benzene rings is 4. The van der Waals surface area contributed by atoms with Crippen molar-refractivity contribution < 1.29 is 18.3 Å². The molecule has 4 aromatic rings. The molecule has 0 aliphatic rings. The summed E-state index contributed by atoms with van der Waals surface area (Å²) in [6.07, 6.45) is -4.73. The summed E-state index contributed by atoms with van der Waals surface area (Å²) < 4.78 is 39.5. The molecule has 0 fully saturated rings. The van der Waals surface area contributed by atoms with Gasteiger partial charge in [0.15, 0.2) is 5.60 Å². The lowest BCUT2D eigenvalue weighted by Gasteiger charge is -2.27. The Morgan fingerprint density at radius 3 is 1.65 bits per heavy atom. The summed E-state index contributed by atoms with van der Waals surface area (Å²) in [5.41, 5.74) is -3.02.